The number of rotatable bonds is 10. The summed E-state index contributed by atoms with van der Waals surface area (Å²) in [6.07, 6.45) is -4.23. The van der Waals surface area contributed by atoms with Gasteiger partial charge in [-0.05, 0) is 16.7 Å². The largest absolute Gasteiger partial charge is 0.394 e. The van der Waals surface area contributed by atoms with Crippen LogP contribution in [0, 0.1) is 0 Å². The minimum absolute atomic E-state index is 0.281. The molecule has 6 nitrogen and oxygen atoms in total. The van der Waals surface area contributed by atoms with Crippen molar-refractivity contribution in [1.29, 1.82) is 0 Å². The first-order valence-electron chi connectivity index (χ1n) is 11.2. The molecule has 5 atom stereocenters. The predicted octanol–water partition coefficient (Wildman–Crippen LogP) is 3.45. The Hall–Kier alpha value is -2.58. The summed E-state index contributed by atoms with van der Waals surface area (Å²) >= 11 is 0. The summed E-state index contributed by atoms with van der Waals surface area (Å²) in [5.74, 6) is 0. The van der Waals surface area contributed by atoms with Crippen molar-refractivity contribution < 1.29 is 29.2 Å². The standard InChI is InChI=1S/C27H30O6/c28-16-23-25(30-17-20-10-4-1-5-11-20)24(29)26(31-18-21-12-6-2-7-13-21)27(33-23)32-19-22-14-8-3-9-15-22/h1-15,23-29H,16-19H2/t23-,24+,25-,26-,27+/m1/s1. The van der Waals surface area contributed by atoms with E-state index in [1.807, 2.05) is 91.0 Å². The number of aliphatic hydroxyl groups excluding tert-OH is 2. The topological polar surface area (TPSA) is 77.4 Å². The Morgan fingerprint density at radius 1 is 0.606 bits per heavy atom. The maximum atomic E-state index is 11.2. The number of aliphatic hydroxyl groups is 2. The van der Waals surface area contributed by atoms with Crippen molar-refractivity contribution >= 4 is 0 Å². The average Bonchev–Trinajstić information content (AvgIpc) is 2.88. The van der Waals surface area contributed by atoms with Crippen LogP contribution in [0.15, 0.2) is 91.0 Å². The summed E-state index contributed by atoms with van der Waals surface area (Å²) in [5, 5.41) is 21.2. The van der Waals surface area contributed by atoms with Crippen LogP contribution in [-0.2, 0) is 38.8 Å². The second kappa shape index (κ2) is 12.0. The van der Waals surface area contributed by atoms with Crippen LogP contribution in [0.3, 0.4) is 0 Å². The summed E-state index contributed by atoms with van der Waals surface area (Å²) in [4.78, 5) is 0. The van der Waals surface area contributed by atoms with Gasteiger partial charge in [0.1, 0.15) is 24.4 Å². The first kappa shape index (κ1) is 23.6. The van der Waals surface area contributed by atoms with Crippen LogP contribution in [0.2, 0.25) is 0 Å². The summed E-state index contributed by atoms with van der Waals surface area (Å²) in [7, 11) is 0. The molecule has 1 aliphatic rings. The Morgan fingerprint density at radius 3 is 1.48 bits per heavy atom. The Morgan fingerprint density at radius 2 is 1.03 bits per heavy atom. The third kappa shape index (κ3) is 6.48. The van der Waals surface area contributed by atoms with Gasteiger partial charge in [-0.15, -0.1) is 0 Å². The van der Waals surface area contributed by atoms with Gasteiger partial charge in [0, 0.05) is 0 Å². The monoisotopic (exact) mass is 450 g/mol. The van der Waals surface area contributed by atoms with Gasteiger partial charge >= 0.3 is 0 Å². The molecule has 6 heteroatoms. The van der Waals surface area contributed by atoms with E-state index in [9.17, 15) is 10.2 Å². The zero-order chi connectivity index (χ0) is 22.9. The normalized spacial score (nSPS) is 25.1. The third-order valence-electron chi connectivity index (χ3n) is 5.62. The van der Waals surface area contributed by atoms with E-state index in [1.165, 1.54) is 0 Å². The van der Waals surface area contributed by atoms with Gasteiger partial charge in [0.2, 0.25) is 0 Å². The van der Waals surface area contributed by atoms with Gasteiger partial charge in [-0.1, -0.05) is 91.0 Å². The van der Waals surface area contributed by atoms with E-state index in [2.05, 4.69) is 0 Å². The number of ether oxygens (including phenoxy) is 4. The van der Waals surface area contributed by atoms with Gasteiger partial charge in [-0.25, -0.2) is 0 Å². The SMILES string of the molecule is OC[C@H]1O[C@H](OCc2ccccc2)[C@H](OCc2ccccc2)[C@@H](O)[C@@H]1OCc1ccccc1. The molecule has 0 spiro atoms. The molecule has 0 bridgehead atoms. The molecular weight excluding hydrogens is 420 g/mol. The van der Waals surface area contributed by atoms with Crippen LogP contribution in [0.1, 0.15) is 16.7 Å². The summed E-state index contributed by atoms with van der Waals surface area (Å²) in [6.45, 7) is 0.542. The number of benzene rings is 3. The minimum Gasteiger partial charge on any atom is -0.394 e. The van der Waals surface area contributed by atoms with Gasteiger partial charge < -0.3 is 29.2 Å². The van der Waals surface area contributed by atoms with E-state index in [4.69, 9.17) is 18.9 Å². The minimum atomic E-state index is -1.05. The van der Waals surface area contributed by atoms with Crippen LogP contribution >= 0.6 is 0 Å². The molecule has 174 valence electrons. The molecule has 33 heavy (non-hydrogen) atoms. The highest BCUT2D eigenvalue weighted by molar-refractivity contribution is 5.15. The van der Waals surface area contributed by atoms with Crippen molar-refractivity contribution in [3.63, 3.8) is 0 Å². The maximum absolute atomic E-state index is 11.2. The maximum Gasteiger partial charge on any atom is 0.187 e. The average molecular weight is 451 g/mol. The van der Waals surface area contributed by atoms with Crippen LogP contribution in [-0.4, -0.2) is 47.5 Å². The van der Waals surface area contributed by atoms with Crippen molar-refractivity contribution in [3.8, 4) is 0 Å². The Kier molecular flexibility index (Phi) is 8.60. The molecule has 0 amide bonds. The van der Waals surface area contributed by atoms with E-state index in [0.717, 1.165) is 16.7 Å². The smallest absolute Gasteiger partial charge is 0.187 e. The van der Waals surface area contributed by atoms with Crippen molar-refractivity contribution in [2.45, 2.75) is 50.5 Å². The molecule has 0 radical (unpaired) electrons. The molecule has 3 aromatic carbocycles. The van der Waals surface area contributed by atoms with Gasteiger partial charge in [-0.3, -0.25) is 0 Å². The van der Waals surface area contributed by atoms with Crippen LogP contribution < -0.4 is 0 Å². The fraction of sp³-hybridized carbons (Fsp3) is 0.333. The molecule has 1 saturated heterocycles. The molecular formula is C27H30O6. The van der Waals surface area contributed by atoms with Crippen molar-refractivity contribution in [3.05, 3.63) is 108 Å². The molecule has 1 fully saturated rings. The fourth-order valence-electron chi connectivity index (χ4n) is 3.85. The van der Waals surface area contributed by atoms with E-state index < -0.39 is 30.7 Å². The molecule has 0 unspecified atom stereocenters. The van der Waals surface area contributed by atoms with E-state index in [-0.39, 0.29) is 26.4 Å². The first-order valence-corrected chi connectivity index (χ1v) is 11.2. The van der Waals surface area contributed by atoms with E-state index in [1.54, 1.807) is 0 Å². The van der Waals surface area contributed by atoms with Crippen molar-refractivity contribution in [1.82, 2.24) is 0 Å². The van der Waals surface area contributed by atoms with Crippen molar-refractivity contribution in [2.75, 3.05) is 6.61 Å². The number of hydrogen-bond donors (Lipinski definition) is 2. The third-order valence-corrected chi connectivity index (χ3v) is 5.62. The summed E-state index contributed by atoms with van der Waals surface area (Å²) < 4.78 is 24.2. The molecule has 2 N–H and O–H groups in total. The van der Waals surface area contributed by atoms with Crippen LogP contribution in [0.25, 0.3) is 0 Å². The van der Waals surface area contributed by atoms with Crippen molar-refractivity contribution in [2.24, 2.45) is 0 Å². The molecule has 1 heterocycles. The molecule has 3 aromatic rings. The van der Waals surface area contributed by atoms with E-state index in [0.29, 0.717) is 0 Å². The second-order valence-electron chi connectivity index (χ2n) is 8.04. The Labute approximate surface area is 194 Å². The van der Waals surface area contributed by atoms with Crippen LogP contribution in [0.5, 0.6) is 0 Å². The lowest BCUT2D eigenvalue weighted by atomic mass is 9.98. The molecule has 0 aromatic heterocycles. The van der Waals surface area contributed by atoms with Gasteiger partial charge in [0.05, 0.1) is 26.4 Å². The van der Waals surface area contributed by atoms with Gasteiger partial charge in [-0.2, -0.15) is 0 Å². The molecule has 4 rings (SSSR count). The lowest BCUT2D eigenvalue weighted by Gasteiger charge is -2.43. The molecule has 0 aliphatic carbocycles. The highest BCUT2D eigenvalue weighted by Crippen LogP contribution is 2.28. The zero-order valence-electron chi connectivity index (χ0n) is 18.4. The molecule has 1 aliphatic heterocycles. The summed E-state index contributed by atoms with van der Waals surface area (Å²) in [5.41, 5.74) is 2.91. The lowest BCUT2D eigenvalue weighted by Crippen LogP contribution is -2.60. The zero-order valence-corrected chi connectivity index (χ0v) is 18.4. The highest BCUT2D eigenvalue weighted by atomic mass is 16.7. The predicted molar refractivity (Wildman–Crippen MR) is 123 cm³/mol. The first-order chi connectivity index (χ1) is 16.2. The fourth-order valence-corrected chi connectivity index (χ4v) is 3.85. The Balaban J connectivity index is 1.48. The van der Waals surface area contributed by atoms with Crippen LogP contribution in [0.4, 0.5) is 0 Å². The molecule has 0 saturated carbocycles. The van der Waals surface area contributed by atoms with E-state index >= 15 is 0 Å². The number of hydrogen-bond acceptors (Lipinski definition) is 6. The van der Waals surface area contributed by atoms with Gasteiger partial charge in [0.25, 0.3) is 0 Å². The second-order valence-corrected chi connectivity index (χ2v) is 8.04. The summed E-state index contributed by atoms with van der Waals surface area (Å²) in [6, 6.07) is 29.1. The quantitative estimate of drug-likeness (QED) is 0.493. The Bertz CT molecular complexity index is 937. The highest BCUT2D eigenvalue weighted by Gasteiger charge is 2.47. The lowest BCUT2D eigenvalue weighted by molar-refractivity contribution is -0.321. The van der Waals surface area contributed by atoms with Gasteiger partial charge in [0.15, 0.2) is 6.29 Å².